The van der Waals surface area contributed by atoms with Gasteiger partial charge in [-0.15, -0.1) is 11.3 Å². The SMILES string of the molecule is COc1cc(/C=C/c2nc3cc([N+](=O)[O-])ccc3s2)cc2c1OCO2. The summed E-state index contributed by atoms with van der Waals surface area (Å²) in [7, 11) is 1.57. The average molecular weight is 356 g/mol. The largest absolute Gasteiger partial charge is 0.493 e. The summed E-state index contributed by atoms with van der Waals surface area (Å²) < 4.78 is 17.0. The molecule has 0 aliphatic carbocycles. The summed E-state index contributed by atoms with van der Waals surface area (Å²) in [5.74, 6) is 1.85. The molecule has 0 bridgehead atoms. The molecule has 126 valence electrons. The first-order chi connectivity index (χ1) is 12.1. The Morgan fingerprint density at radius 3 is 2.96 bits per heavy atom. The third-order valence-corrected chi connectivity index (χ3v) is 4.70. The standard InChI is InChI=1S/C17H12N2O5S/c1-22-13-6-10(7-14-17(13)24-9-23-14)2-5-16-18-12-8-11(19(20)21)3-4-15(12)25-16/h2-8H,9H2,1H3/b5-2+. The zero-order valence-corrected chi connectivity index (χ0v) is 13.9. The molecule has 7 nitrogen and oxygen atoms in total. The van der Waals surface area contributed by atoms with Crippen LogP contribution in [-0.4, -0.2) is 23.8 Å². The molecule has 25 heavy (non-hydrogen) atoms. The van der Waals surface area contributed by atoms with Crippen molar-refractivity contribution in [3.8, 4) is 17.2 Å². The fourth-order valence-corrected chi connectivity index (χ4v) is 3.38. The lowest BCUT2D eigenvalue weighted by Crippen LogP contribution is -1.93. The van der Waals surface area contributed by atoms with E-state index in [0.717, 1.165) is 15.3 Å². The monoisotopic (exact) mass is 356 g/mol. The van der Waals surface area contributed by atoms with Gasteiger partial charge in [0.25, 0.3) is 5.69 Å². The van der Waals surface area contributed by atoms with Crippen LogP contribution in [0.3, 0.4) is 0 Å². The second-order valence-corrected chi connectivity index (χ2v) is 6.31. The molecule has 0 spiro atoms. The van der Waals surface area contributed by atoms with Gasteiger partial charge in [-0.05, 0) is 29.8 Å². The molecule has 0 unspecified atom stereocenters. The Labute approximate surface area is 146 Å². The maximum Gasteiger partial charge on any atom is 0.271 e. The quantitative estimate of drug-likeness (QED) is 0.517. The Balaban J connectivity index is 1.66. The van der Waals surface area contributed by atoms with Crippen molar-refractivity contribution in [1.29, 1.82) is 0 Å². The number of nitro groups is 1. The first-order valence-corrected chi connectivity index (χ1v) is 8.16. The van der Waals surface area contributed by atoms with Gasteiger partial charge < -0.3 is 14.2 Å². The van der Waals surface area contributed by atoms with Crippen LogP contribution in [0.4, 0.5) is 5.69 Å². The average Bonchev–Trinajstić information content (AvgIpc) is 3.24. The Hall–Kier alpha value is -3.13. The van der Waals surface area contributed by atoms with Gasteiger partial charge in [-0.25, -0.2) is 4.98 Å². The zero-order chi connectivity index (χ0) is 17.4. The molecule has 4 rings (SSSR count). The molecule has 2 heterocycles. The number of non-ortho nitro benzene ring substituents is 1. The van der Waals surface area contributed by atoms with Crippen LogP contribution in [-0.2, 0) is 0 Å². The van der Waals surface area contributed by atoms with E-state index in [1.165, 1.54) is 23.5 Å². The van der Waals surface area contributed by atoms with Crippen molar-refractivity contribution in [2.24, 2.45) is 0 Å². The van der Waals surface area contributed by atoms with E-state index < -0.39 is 4.92 Å². The molecule has 8 heteroatoms. The van der Waals surface area contributed by atoms with Gasteiger partial charge in [0.2, 0.25) is 12.5 Å². The number of rotatable bonds is 4. The van der Waals surface area contributed by atoms with E-state index in [1.807, 2.05) is 24.3 Å². The van der Waals surface area contributed by atoms with E-state index in [4.69, 9.17) is 14.2 Å². The maximum atomic E-state index is 10.8. The first-order valence-electron chi connectivity index (χ1n) is 7.35. The summed E-state index contributed by atoms with van der Waals surface area (Å²) >= 11 is 1.46. The van der Waals surface area contributed by atoms with E-state index in [-0.39, 0.29) is 12.5 Å². The number of hydrogen-bond acceptors (Lipinski definition) is 7. The van der Waals surface area contributed by atoms with Crippen LogP contribution in [0.5, 0.6) is 17.2 Å². The molecule has 2 aromatic carbocycles. The molecular formula is C17H12N2O5S. The molecule has 0 saturated heterocycles. The lowest BCUT2D eigenvalue weighted by molar-refractivity contribution is -0.384. The minimum Gasteiger partial charge on any atom is -0.493 e. The van der Waals surface area contributed by atoms with Crippen molar-refractivity contribution >= 4 is 39.4 Å². The topological polar surface area (TPSA) is 83.7 Å². The number of ether oxygens (including phenoxy) is 3. The van der Waals surface area contributed by atoms with E-state index in [1.54, 1.807) is 13.2 Å². The summed E-state index contributed by atoms with van der Waals surface area (Å²) in [5.41, 5.74) is 1.53. The Kier molecular flexibility index (Phi) is 3.73. The van der Waals surface area contributed by atoms with Crippen LogP contribution in [0.25, 0.3) is 22.4 Å². The minimum atomic E-state index is -0.423. The van der Waals surface area contributed by atoms with Gasteiger partial charge in [-0.2, -0.15) is 0 Å². The fourth-order valence-electron chi connectivity index (χ4n) is 2.53. The van der Waals surface area contributed by atoms with Gasteiger partial charge in [-0.1, -0.05) is 6.08 Å². The summed E-state index contributed by atoms with van der Waals surface area (Å²) in [6, 6.07) is 8.39. The number of fused-ring (bicyclic) bond motifs is 2. The van der Waals surface area contributed by atoms with Crippen molar-refractivity contribution in [3.63, 3.8) is 0 Å². The van der Waals surface area contributed by atoms with Gasteiger partial charge in [-0.3, -0.25) is 10.1 Å². The lowest BCUT2D eigenvalue weighted by atomic mass is 10.1. The number of benzene rings is 2. The van der Waals surface area contributed by atoms with Gasteiger partial charge in [0.05, 0.1) is 22.2 Å². The molecule has 0 radical (unpaired) electrons. The number of thiazole rings is 1. The van der Waals surface area contributed by atoms with E-state index >= 15 is 0 Å². The van der Waals surface area contributed by atoms with Crippen molar-refractivity contribution < 1.29 is 19.1 Å². The molecule has 3 aromatic rings. The van der Waals surface area contributed by atoms with E-state index in [0.29, 0.717) is 22.8 Å². The Bertz CT molecular complexity index is 1010. The van der Waals surface area contributed by atoms with E-state index in [9.17, 15) is 10.1 Å². The predicted molar refractivity (Wildman–Crippen MR) is 94.3 cm³/mol. The van der Waals surface area contributed by atoms with Crippen LogP contribution in [0.15, 0.2) is 30.3 Å². The summed E-state index contributed by atoms with van der Waals surface area (Å²) in [4.78, 5) is 14.9. The van der Waals surface area contributed by atoms with Crippen molar-refractivity contribution in [2.45, 2.75) is 0 Å². The number of hydrogen-bond donors (Lipinski definition) is 0. The highest BCUT2D eigenvalue weighted by Gasteiger charge is 2.19. The molecule has 1 aromatic heterocycles. The number of nitro benzene ring substituents is 1. The molecule has 0 fully saturated rings. The summed E-state index contributed by atoms with van der Waals surface area (Å²) in [6.07, 6.45) is 3.74. The smallest absolute Gasteiger partial charge is 0.271 e. The van der Waals surface area contributed by atoms with Gasteiger partial charge in [0.1, 0.15) is 5.01 Å². The van der Waals surface area contributed by atoms with Crippen molar-refractivity contribution in [2.75, 3.05) is 13.9 Å². The number of aromatic nitrogens is 1. The highest BCUT2D eigenvalue weighted by atomic mass is 32.1. The highest BCUT2D eigenvalue weighted by molar-refractivity contribution is 7.19. The Morgan fingerprint density at radius 1 is 1.28 bits per heavy atom. The molecule has 0 atom stereocenters. The van der Waals surface area contributed by atoms with Crippen molar-refractivity contribution in [1.82, 2.24) is 4.98 Å². The van der Waals surface area contributed by atoms with Gasteiger partial charge in [0.15, 0.2) is 11.5 Å². The first kappa shape index (κ1) is 15.4. The third-order valence-electron chi connectivity index (χ3n) is 3.70. The highest BCUT2D eigenvalue weighted by Crippen LogP contribution is 2.42. The molecule has 1 aliphatic rings. The van der Waals surface area contributed by atoms with Gasteiger partial charge >= 0.3 is 0 Å². The number of methoxy groups -OCH3 is 1. The van der Waals surface area contributed by atoms with E-state index in [2.05, 4.69) is 4.98 Å². The minimum absolute atomic E-state index is 0.0360. The molecular weight excluding hydrogens is 344 g/mol. The Morgan fingerprint density at radius 2 is 2.16 bits per heavy atom. The third kappa shape index (κ3) is 2.87. The second-order valence-electron chi connectivity index (χ2n) is 5.25. The normalized spacial score (nSPS) is 12.8. The molecule has 0 N–H and O–H groups in total. The van der Waals surface area contributed by atoms with Gasteiger partial charge in [0, 0.05) is 12.1 Å². The second kappa shape index (κ2) is 6.06. The fraction of sp³-hybridized carbons (Fsp3) is 0.118. The van der Waals surface area contributed by atoms with Crippen molar-refractivity contribution in [3.05, 3.63) is 51.0 Å². The lowest BCUT2D eigenvalue weighted by Gasteiger charge is -2.05. The summed E-state index contributed by atoms with van der Waals surface area (Å²) in [5, 5.41) is 11.6. The van der Waals surface area contributed by atoms with Crippen LogP contribution in [0.2, 0.25) is 0 Å². The number of nitrogens with zero attached hydrogens (tertiary/aromatic N) is 2. The predicted octanol–water partition coefficient (Wildman–Crippen LogP) is 4.11. The molecule has 0 amide bonds. The summed E-state index contributed by atoms with van der Waals surface area (Å²) in [6.45, 7) is 0.176. The van der Waals surface area contributed by atoms with Crippen LogP contribution >= 0.6 is 11.3 Å². The van der Waals surface area contributed by atoms with Crippen LogP contribution < -0.4 is 14.2 Å². The zero-order valence-electron chi connectivity index (χ0n) is 13.1. The van der Waals surface area contributed by atoms with Crippen LogP contribution in [0, 0.1) is 10.1 Å². The van der Waals surface area contributed by atoms with Crippen LogP contribution in [0.1, 0.15) is 10.6 Å². The maximum absolute atomic E-state index is 10.8. The molecule has 1 aliphatic heterocycles. The molecule has 0 saturated carbocycles.